The van der Waals surface area contributed by atoms with Crippen LogP contribution in [0.25, 0.3) is 0 Å². The second-order valence-electron chi connectivity index (χ2n) is 7.33. The van der Waals surface area contributed by atoms with Gasteiger partial charge < -0.3 is 15.3 Å². The highest BCUT2D eigenvalue weighted by atomic mass is 16.4. The third kappa shape index (κ3) is 2.86. The quantitative estimate of drug-likeness (QED) is 0.784. The van der Waals surface area contributed by atoms with Gasteiger partial charge in [0, 0.05) is 5.41 Å². The van der Waals surface area contributed by atoms with Crippen LogP contribution in [0.1, 0.15) is 37.8 Å². The van der Waals surface area contributed by atoms with Crippen LogP contribution in [0.3, 0.4) is 0 Å². The minimum absolute atomic E-state index is 0.103. The second-order valence-corrected chi connectivity index (χ2v) is 7.33. The molecule has 25 heavy (non-hydrogen) atoms. The van der Waals surface area contributed by atoms with Crippen molar-refractivity contribution in [3.63, 3.8) is 0 Å². The van der Waals surface area contributed by atoms with Gasteiger partial charge in [0.05, 0.1) is 5.92 Å². The summed E-state index contributed by atoms with van der Waals surface area (Å²) in [4.78, 5) is 12.2. The molecule has 2 aromatic rings. The maximum absolute atomic E-state index is 12.2. The number of carboxylic acids is 1. The number of aromatic hydroxyl groups is 2. The molecule has 1 fully saturated rings. The van der Waals surface area contributed by atoms with Crippen molar-refractivity contribution in [3.8, 4) is 11.5 Å². The molecule has 4 nitrogen and oxygen atoms in total. The van der Waals surface area contributed by atoms with E-state index in [1.807, 2.05) is 24.3 Å². The van der Waals surface area contributed by atoms with Crippen molar-refractivity contribution in [1.82, 2.24) is 0 Å². The standard InChI is InChI=1S/C21H24O4/c1-13-11-14(2)21(19(12-13)20(24)25,15-3-7-17(22)8-4-15)16-5-9-18(23)10-6-16/h3-10,13-14,19,22-23H,11-12H2,1-2H3,(H,24,25). The number of aliphatic carboxylic acids is 1. The van der Waals surface area contributed by atoms with Crippen LogP contribution >= 0.6 is 0 Å². The molecule has 132 valence electrons. The molecule has 0 saturated heterocycles. The molecule has 1 aliphatic carbocycles. The number of carbonyl (C=O) groups is 1. The van der Waals surface area contributed by atoms with Gasteiger partial charge in [-0.1, -0.05) is 38.1 Å². The van der Waals surface area contributed by atoms with Gasteiger partial charge in [-0.3, -0.25) is 4.79 Å². The van der Waals surface area contributed by atoms with Gasteiger partial charge in [0.25, 0.3) is 0 Å². The summed E-state index contributed by atoms with van der Waals surface area (Å²) < 4.78 is 0. The fourth-order valence-corrected chi connectivity index (χ4v) is 4.73. The average molecular weight is 340 g/mol. The van der Waals surface area contributed by atoms with E-state index in [0.29, 0.717) is 12.3 Å². The SMILES string of the molecule is CC1CC(C)C(c2ccc(O)cc2)(c2ccc(O)cc2)C(C(=O)O)C1. The van der Waals surface area contributed by atoms with E-state index in [1.54, 1.807) is 24.3 Å². The van der Waals surface area contributed by atoms with Crippen LogP contribution < -0.4 is 0 Å². The van der Waals surface area contributed by atoms with E-state index >= 15 is 0 Å². The molecule has 0 spiro atoms. The third-order valence-electron chi connectivity index (χ3n) is 5.71. The van der Waals surface area contributed by atoms with Crippen molar-refractivity contribution >= 4 is 5.97 Å². The first-order chi connectivity index (χ1) is 11.9. The summed E-state index contributed by atoms with van der Waals surface area (Å²) in [6.07, 6.45) is 1.52. The van der Waals surface area contributed by atoms with Crippen LogP contribution in [-0.2, 0) is 10.2 Å². The summed E-state index contributed by atoms with van der Waals surface area (Å²) in [7, 11) is 0. The van der Waals surface area contributed by atoms with Gasteiger partial charge in [0.2, 0.25) is 0 Å². The van der Waals surface area contributed by atoms with E-state index in [-0.39, 0.29) is 17.4 Å². The lowest BCUT2D eigenvalue weighted by Crippen LogP contribution is -2.50. The van der Waals surface area contributed by atoms with Crippen LogP contribution in [0.5, 0.6) is 11.5 Å². The summed E-state index contributed by atoms with van der Waals surface area (Å²) in [5.41, 5.74) is 1.09. The minimum Gasteiger partial charge on any atom is -0.508 e. The Morgan fingerprint density at radius 2 is 1.32 bits per heavy atom. The van der Waals surface area contributed by atoms with Gasteiger partial charge in [-0.15, -0.1) is 0 Å². The molecule has 0 aliphatic heterocycles. The molecule has 3 rings (SSSR count). The van der Waals surface area contributed by atoms with Crippen molar-refractivity contribution < 1.29 is 20.1 Å². The number of hydrogen-bond donors (Lipinski definition) is 3. The zero-order valence-electron chi connectivity index (χ0n) is 14.5. The van der Waals surface area contributed by atoms with E-state index in [2.05, 4.69) is 13.8 Å². The summed E-state index contributed by atoms with van der Waals surface area (Å²) >= 11 is 0. The molecule has 0 aromatic heterocycles. The topological polar surface area (TPSA) is 77.8 Å². The third-order valence-corrected chi connectivity index (χ3v) is 5.71. The number of carboxylic acid groups (broad SMARTS) is 1. The summed E-state index contributed by atoms with van der Waals surface area (Å²) in [6, 6.07) is 13.7. The molecular formula is C21H24O4. The Hall–Kier alpha value is -2.49. The van der Waals surface area contributed by atoms with Gasteiger partial charge in [-0.2, -0.15) is 0 Å². The molecule has 2 aromatic carbocycles. The molecule has 4 heteroatoms. The molecule has 0 amide bonds. The monoisotopic (exact) mass is 340 g/mol. The van der Waals surface area contributed by atoms with Crippen LogP contribution in [0.4, 0.5) is 0 Å². The highest BCUT2D eigenvalue weighted by molar-refractivity contribution is 5.74. The van der Waals surface area contributed by atoms with Crippen LogP contribution in [0, 0.1) is 17.8 Å². The first-order valence-corrected chi connectivity index (χ1v) is 8.67. The van der Waals surface area contributed by atoms with Crippen LogP contribution in [0.2, 0.25) is 0 Å². The number of hydrogen-bond acceptors (Lipinski definition) is 3. The highest BCUT2D eigenvalue weighted by Gasteiger charge is 2.52. The average Bonchev–Trinajstić information content (AvgIpc) is 2.56. The molecule has 0 heterocycles. The number of rotatable bonds is 3. The fraction of sp³-hybridized carbons (Fsp3) is 0.381. The normalized spacial score (nSPS) is 25.4. The lowest BCUT2D eigenvalue weighted by molar-refractivity contribution is -0.147. The van der Waals surface area contributed by atoms with Crippen molar-refractivity contribution in [2.24, 2.45) is 17.8 Å². The highest BCUT2D eigenvalue weighted by Crippen LogP contribution is 2.53. The van der Waals surface area contributed by atoms with Gasteiger partial charge >= 0.3 is 5.97 Å². The molecule has 3 atom stereocenters. The van der Waals surface area contributed by atoms with Crippen LogP contribution in [0.15, 0.2) is 48.5 Å². The molecule has 3 unspecified atom stereocenters. The Bertz CT molecular complexity index is 703. The van der Waals surface area contributed by atoms with Gasteiger partial charge in [-0.25, -0.2) is 0 Å². The van der Waals surface area contributed by atoms with Gasteiger partial charge in [-0.05, 0) is 60.1 Å². The van der Waals surface area contributed by atoms with Crippen molar-refractivity contribution in [2.75, 3.05) is 0 Å². The van der Waals surface area contributed by atoms with E-state index in [4.69, 9.17) is 0 Å². The molecule has 3 N–H and O–H groups in total. The van der Waals surface area contributed by atoms with Crippen molar-refractivity contribution in [3.05, 3.63) is 59.7 Å². The minimum atomic E-state index is -0.806. The molecule has 0 bridgehead atoms. The predicted octanol–water partition coefficient (Wildman–Crippen LogP) is 4.15. The first kappa shape index (κ1) is 17.3. The van der Waals surface area contributed by atoms with Gasteiger partial charge in [0.15, 0.2) is 0 Å². The van der Waals surface area contributed by atoms with E-state index in [0.717, 1.165) is 17.5 Å². The smallest absolute Gasteiger partial charge is 0.307 e. The maximum atomic E-state index is 12.2. The lowest BCUT2D eigenvalue weighted by atomic mass is 9.52. The number of benzene rings is 2. The Labute approximate surface area is 147 Å². The largest absolute Gasteiger partial charge is 0.508 e. The van der Waals surface area contributed by atoms with E-state index in [1.165, 1.54) is 0 Å². The van der Waals surface area contributed by atoms with E-state index in [9.17, 15) is 20.1 Å². The zero-order chi connectivity index (χ0) is 18.2. The molecule has 0 radical (unpaired) electrons. The Morgan fingerprint density at radius 1 is 0.880 bits per heavy atom. The molecule has 1 saturated carbocycles. The van der Waals surface area contributed by atoms with E-state index < -0.39 is 17.3 Å². The number of phenolic OH excluding ortho intramolecular Hbond substituents is 2. The Kier molecular flexibility index (Phi) is 4.46. The first-order valence-electron chi connectivity index (χ1n) is 8.67. The van der Waals surface area contributed by atoms with Crippen molar-refractivity contribution in [2.45, 2.75) is 32.1 Å². The summed E-state index contributed by atoms with van der Waals surface area (Å²) in [6.45, 7) is 4.20. The Morgan fingerprint density at radius 3 is 1.72 bits per heavy atom. The van der Waals surface area contributed by atoms with Gasteiger partial charge in [0.1, 0.15) is 11.5 Å². The van der Waals surface area contributed by atoms with Crippen LogP contribution in [-0.4, -0.2) is 21.3 Å². The summed E-state index contributed by atoms with van der Waals surface area (Å²) in [5.74, 6) is -0.619. The maximum Gasteiger partial charge on any atom is 0.307 e. The second kappa shape index (κ2) is 6.43. The van der Waals surface area contributed by atoms with Crippen molar-refractivity contribution in [1.29, 1.82) is 0 Å². The zero-order valence-corrected chi connectivity index (χ0v) is 14.5. The predicted molar refractivity (Wildman–Crippen MR) is 95.7 cm³/mol. The molecule has 1 aliphatic rings. The molecular weight excluding hydrogens is 316 g/mol. The number of phenols is 2. The Balaban J connectivity index is 2.28. The summed E-state index contributed by atoms with van der Waals surface area (Å²) in [5, 5.41) is 29.4. The fourth-order valence-electron chi connectivity index (χ4n) is 4.73. The lowest BCUT2D eigenvalue weighted by Gasteiger charge is -2.50.